The molecule has 1 aromatic rings. The smallest absolute Gasteiger partial charge is 0.303 e. The second-order valence-electron chi connectivity index (χ2n) is 4.12. The number of carbonyl (C=O) groups is 1. The first-order valence-corrected chi connectivity index (χ1v) is 5.62. The molecule has 2 heterocycles. The van der Waals surface area contributed by atoms with E-state index < -0.39 is 5.97 Å². The Morgan fingerprint density at radius 3 is 3.25 bits per heavy atom. The van der Waals surface area contributed by atoms with E-state index in [1.807, 2.05) is 0 Å². The fourth-order valence-corrected chi connectivity index (χ4v) is 1.93. The van der Waals surface area contributed by atoms with Gasteiger partial charge in [0.15, 0.2) is 5.89 Å². The Morgan fingerprint density at radius 2 is 2.56 bits per heavy atom. The average Bonchev–Trinajstić information content (AvgIpc) is 2.87. The summed E-state index contributed by atoms with van der Waals surface area (Å²) < 4.78 is 5.31. The minimum atomic E-state index is -0.804. The van der Waals surface area contributed by atoms with Gasteiger partial charge >= 0.3 is 5.97 Å². The first-order chi connectivity index (χ1) is 7.74. The Morgan fingerprint density at radius 1 is 1.69 bits per heavy atom. The van der Waals surface area contributed by atoms with E-state index in [0.29, 0.717) is 18.4 Å². The van der Waals surface area contributed by atoms with Crippen LogP contribution in [0.15, 0.2) is 10.7 Å². The molecule has 0 radical (unpaired) electrons. The van der Waals surface area contributed by atoms with Gasteiger partial charge in [0.05, 0.1) is 12.1 Å². The van der Waals surface area contributed by atoms with Gasteiger partial charge in [-0.25, -0.2) is 4.98 Å². The molecule has 1 saturated heterocycles. The molecule has 1 atom stereocenters. The largest absolute Gasteiger partial charge is 0.481 e. The van der Waals surface area contributed by atoms with Crippen molar-refractivity contribution >= 4 is 5.97 Å². The highest BCUT2D eigenvalue weighted by Gasteiger charge is 2.17. The molecule has 1 unspecified atom stereocenters. The summed E-state index contributed by atoms with van der Waals surface area (Å²) in [5.41, 5.74) is 0.732. The van der Waals surface area contributed by atoms with Crippen molar-refractivity contribution < 1.29 is 14.3 Å². The summed E-state index contributed by atoms with van der Waals surface area (Å²) in [5, 5.41) is 11.9. The Balaban J connectivity index is 1.84. The summed E-state index contributed by atoms with van der Waals surface area (Å²) in [5.74, 6) is -0.0956. The average molecular weight is 224 g/mol. The van der Waals surface area contributed by atoms with E-state index in [4.69, 9.17) is 9.52 Å². The monoisotopic (exact) mass is 224 g/mol. The van der Waals surface area contributed by atoms with Crippen LogP contribution in [-0.4, -0.2) is 28.6 Å². The van der Waals surface area contributed by atoms with Crippen molar-refractivity contribution in [1.82, 2.24) is 10.3 Å². The number of hydrogen-bond donors (Lipinski definition) is 2. The number of carboxylic acids is 1. The number of aliphatic carboxylic acids is 1. The molecule has 0 spiro atoms. The Bertz CT molecular complexity index is 356. The van der Waals surface area contributed by atoms with E-state index in [9.17, 15) is 4.79 Å². The van der Waals surface area contributed by atoms with Crippen LogP contribution >= 0.6 is 0 Å². The molecule has 88 valence electrons. The summed E-state index contributed by atoms with van der Waals surface area (Å²) in [6.45, 7) is 1.07. The zero-order valence-corrected chi connectivity index (χ0v) is 9.11. The number of aromatic nitrogens is 1. The van der Waals surface area contributed by atoms with Crippen LogP contribution in [0, 0.1) is 0 Å². The minimum Gasteiger partial charge on any atom is -0.481 e. The number of carboxylic acid groups (broad SMARTS) is 1. The topological polar surface area (TPSA) is 75.4 Å². The van der Waals surface area contributed by atoms with E-state index >= 15 is 0 Å². The highest BCUT2D eigenvalue weighted by Crippen LogP contribution is 2.12. The molecule has 2 N–H and O–H groups in total. The third kappa shape index (κ3) is 3.06. The molecule has 16 heavy (non-hydrogen) atoms. The van der Waals surface area contributed by atoms with Crippen LogP contribution in [0.5, 0.6) is 0 Å². The fourth-order valence-electron chi connectivity index (χ4n) is 1.93. The van der Waals surface area contributed by atoms with Crippen molar-refractivity contribution in [2.45, 2.75) is 38.1 Å². The number of aryl methyl sites for hydroxylation is 1. The maximum absolute atomic E-state index is 10.4. The molecule has 5 nitrogen and oxygen atoms in total. The zero-order chi connectivity index (χ0) is 11.4. The van der Waals surface area contributed by atoms with Gasteiger partial charge < -0.3 is 14.8 Å². The molecule has 1 aliphatic rings. The van der Waals surface area contributed by atoms with Crippen LogP contribution < -0.4 is 5.32 Å². The summed E-state index contributed by atoms with van der Waals surface area (Å²) in [6.07, 6.45) is 5.27. The van der Waals surface area contributed by atoms with Gasteiger partial charge in [-0.3, -0.25) is 4.79 Å². The Kier molecular flexibility index (Phi) is 3.56. The molecule has 0 amide bonds. The van der Waals surface area contributed by atoms with Crippen molar-refractivity contribution in [3.8, 4) is 0 Å². The van der Waals surface area contributed by atoms with Crippen molar-refractivity contribution in [2.24, 2.45) is 0 Å². The minimum absolute atomic E-state index is 0.105. The molecule has 0 aliphatic carbocycles. The first-order valence-electron chi connectivity index (χ1n) is 5.62. The highest BCUT2D eigenvalue weighted by atomic mass is 16.4. The van der Waals surface area contributed by atoms with Crippen LogP contribution in [0.3, 0.4) is 0 Å². The van der Waals surface area contributed by atoms with Crippen molar-refractivity contribution in [2.75, 3.05) is 6.54 Å². The maximum atomic E-state index is 10.4. The van der Waals surface area contributed by atoms with Crippen molar-refractivity contribution in [3.05, 3.63) is 17.8 Å². The van der Waals surface area contributed by atoms with Gasteiger partial charge in [-0.2, -0.15) is 0 Å². The van der Waals surface area contributed by atoms with Crippen molar-refractivity contribution in [1.29, 1.82) is 0 Å². The van der Waals surface area contributed by atoms with Gasteiger partial charge in [-0.15, -0.1) is 0 Å². The molecule has 0 aromatic carbocycles. The lowest BCUT2D eigenvalue weighted by Gasteiger charge is -2.05. The standard InChI is InChI=1S/C11H16N2O3/c14-11(15)4-3-9-7-16-10(13-9)6-8-2-1-5-12-8/h7-8,12H,1-6H2,(H,14,15). The molecule has 1 aromatic heterocycles. The van der Waals surface area contributed by atoms with Gasteiger partial charge in [0, 0.05) is 18.9 Å². The lowest BCUT2D eigenvalue weighted by molar-refractivity contribution is -0.136. The van der Waals surface area contributed by atoms with Gasteiger partial charge in [-0.05, 0) is 19.4 Å². The summed E-state index contributed by atoms with van der Waals surface area (Å²) in [6, 6.07) is 0.464. The molecule has 0 saturated carbocycles. The molecule has 5 heteroatoms. The van der Waals surface area contributed by atoms with Gasteiger partial charge in [0.1, 0.15) is 6.26 Å². The predicted octanol–water partition coefficient (Wildman–Crippen LogP) is 0.986. The lowest BCUT2D eigenvalue weighted by atomic mass is 10.1. The first kappa shape index (κ1) is 11.1. The second kappa shape index (κ2) is 5.12. The number of nitrogens with one attached hydrogen (secondary N) is 1. The molecule has 0 bridgehead atoms. The highest BCUT2D eigenvalue weighted by molar-refractivity contribution is 5.66. The van der Waals surface area contributed by atoms with Crippen LogP contribution in [0.25, 0.3) is 0 Å². The van der Waals surface area contributed by atoms with E-state index in [1.165, 1.54) is 6.42 Å². The van der Waals surface area contributed by atoms with E-state index in [2.05, 4.69) is 10.3 Å². The third-order valence-corrected chi connectivity index (χ3v) is 2.78. The van der Waals surface area contributed by atoms with Crippen LogP contribution in [-0.2, 0) is 17.6 Å². The van der Waals surface area contributed by atoms with Gasteiger partial charge in [-0.1, -0.05) is 0 Å². The number of nitrogens with zero attached hydrogens (tertiary/aromatic N) is 1. The second-order valence-corrected chi connectivity index (χ2v) is 4.12. The number of rotatable bonds is 5. The summed E-state index contributed by atoms with van der Waals surface area (Å²) in [4.78, 5) is 14.7. The normalized spacial score (nSPS) is 20.1. The quantitative estimate of drug-likeness (QED) is 0.780. The van der Waals surface area contributed by atoms with E-state index in [0.717, 1.165) is 25.1 Å². The fraction of sp³-hybridized carbons (Fsp3) is 0.636. The Hall–Kier alpha value is -1.36. The maximum Gasteiger partial charge on any atom is 0.303 e. The third-order valence-electron chi connectivity index (χ3n) is 2.78. The van der Waals surface area contributed by atoms with Crippen LogP contribution in [0.4, 0.5) is 0 Å². The lowest BCUT2D eigenvalue weighted by Crippen LogP contribution is -2.23. The SMILES string of the molecule is O=C(O)CCc1coc(CC2CCCN2)n1. The van der Waals surface area contributed by atoms with Crippen molar-refractivity contribution in [3.63, 3.8) is 0 Å². The molecular weight excluding hydrogens is 208 g/mol. The molecular formula is C11H16N2O3. The van der Waals surface area contributed by atoms with E-state index in [1.54, 1.807) is 6.26 Å². The predicted molar refractivity (Wildman–Crippen MR) is 57.2 cm³/mol. The van der Waals surface area contributed by atoms with Gasteiger partial charge in [0.25, 0.3) is 0 Å². The molecule has 1 fully saturated rings. The zero-order valence-electron chi connectivity index (χ0n) is 9.11. The van der Waals surface area contributed by atoms with Gasteiger partial charge in [0.2, 0.25) is 0 Å². The molecule has 2 rings (SSSR count). The van der Waals surface area contributed by atoms with E-state index in [-0.39, 0.29) is 6.42 Å². The summed E-state index contributed by atoms with van der Waals surface area (Å²) >= 11 is 0. The summed E-state index contributed by atoms with van der Waals surface area (Å²) in [7, 11) is 0. The van der Waals surface area contributed by atoms with Crippen LogP contribution in [0.2, 0.25) is 0 Å². The molecule has 1 aliphatic heterocycles. The number of oxazole rings is 1. The van der Waals surface area contributed by atoms with Crippen LogP contribution in [0.1, 0.15) is 30.8 Å². The number of hydrogen-bond acceptors (Lipinski definition) is 4. The Labute approximate surface area is 93.9 Å².